The van der Waals surface area contributed by atoms with Crippen LogP contribution in [0.25, 0.3) is 33.6 Å². The van der Waals surface area contributed by atoms with Gasteiger partial charge in [0.15, 0.2) is 0 Å². The summed E-state index contributed by atoms with van der Waals surface area (Å²) in [7, 11) is 2.33. The number of piperidine rings is 2. The van der Waals surface area contributed by atoms with Gasteiger partial charge in [-0.2, -0.15) is 10.2 Å². The first-order valence-electron chi connectivity index (χ1n) is 21.2. The lowest BCUT2D eigenvalue weighted by Crippen LogP contribution is -2.60. The lowest BCUT2D eigenvalue weighted by molar-refractivity contribution is 0.148. The average Bonchev–Trinajstić information content (AvgIpc) is 4.07. The van der Waals surface area contributed by atoms with Crippen LogP contribution in [0.3, 0.4) is 0 Å². The monoisotopic (exact) mass is 771 g/mol. The third-order valence-corrected chi connectivity index (χ3v) is 14.3. The van der Waals surface area contributed by atoms with Gasteiger partial charge in [-0.25, -0.2) is 14.3 Å². The fraction of sp³-hybridized carbons (Fsp3) is 0.383. The van der Waals surface area contributed by atoms with Gasteiger partial charge in [0.2, 0.25) is 0 Å². The van der Waals surface area contributed by atoms with Crippen LogP contribution in [0.1, 0.15) is 56.2 Å². The van der Waals surface area contributed by atoms with Crippen LogP contribution in [0.2, 0.25) is 0 Å². The first-order chi connectivity index (χ1) is 28.5. The molecular weight excluding hydrogens is 723 g/mol. The molecule has 11 heteroatoms. The van der Waals surface area contributed by atoms with E-state index >= 15 is 0 Å². The van der Waals surface area contributed by atoms with Crippen molar-refractivity contribution in [2.45, 2.75) is 93.7 Å². The summed E-state index contributed by atoms with van der Waals surface area (Å²) >= 11 is 0. The molecule has 7 atom stereocenters. The van der Waals surface area contributed by atoms with Crippen LogP contribution < -0.4 is 30.3 Å². The van der Waals surface area contributed by atoms with Gasteiger partial charge in [-0.05, 0) is 123 Å². The molecule has 6 aromatic rings. The van der Waals surface area contributed by atoms with Crippen LogP contribution >= 0.6 is 0 Å². The third-order valence-electron chi connectivity index (χ3n) is 14.3. The Hall–Kier alpha value is -5.65. The van der Waals surface area contributed by atoms with E-state index in [1.165, 1.54) is 48.9 Å². The van der Waals surface area contributed by atoms with Crippen LogP contribution in [0.4, 0.5) is 11.5 Å². The van der Waals surface area contributed by atoms with Crippen LogP contribution in [-0.4, -0.2) is 73.9 Å². The second-order valence-electron chi connectivity index (χ2n) is 17.5. The summed E-state index contributed by atoms with van der Waals surface area (Å²) in [5, 5.41) is 21.0. The van der Waals surface area contributed by atoms with Gasteiger partial charge >= 0.3 is 0 Å². The molecule has 3 N–H and O–H groups in total. The molecule has 0 aliphatic carbocycles. The van der Waals surface area contributed by atoms with E-state index in [0.29, 0.717) is 49.3 Å². The van der Waals surface area contributed by atoms with Gasteiger partial charge in [-0.3, -0.25) is 0 Å². The molecule has 0 saturated carbocycles. The van der Waals surface area contributed by atoms with E-state index in [1.54, 1.807) is 6.20 Å². The summed E-state index contributed by atoms with van der Waals surface area (Å²) < 4.78 is 16.3. The predicted octanol–water partition coefficient (Wildman–Crippen LogP) is 7.32. The van der Waals surface area contributed by atoms with Crippen LogP contribution in [-0.2, 0) is 13.0 Å². The number of ether oxygens (including phenoxy) is 2. The highest BCUT2D eigenvalue weighted by Crippen LogP contribution is 2.50. The van der Waals surface area contributed by atoms with Gasteiger partial charge < -0.3 is 30.3 Å². The molecule has 58 heavy (non-hydrogen) atoms. The zero-order valence-electron chi connectivity index (χ0n) is 32.8. The molecule has 0 amide bonds. The van der Waals surface area contributed by atoms with E-state index < -0.39 is 0 Å². The fourth-order valence-electron chi connectivity index (χ4n) is 11.6. The molecule has 6 aliphatic heterocycles. The molecule has 6 aliphatic rings. The Bertz CT molecular complexity index is 2500. The van der Waals surface area contributed by atoms with E-state index in [9.17, 15) is 0 Å². The van der Waals surface area contributed by atoms with Gasteiger partial charge in [0, 0.05) is 109 Å². The second-order valence-corrected chi connectivity index (χ2v) is 17.5. The topological polar surface area (TPSA) is 106 Å². The standard InChI is InChI=1S/C47H49N9O2/c1-54(33-4-7-37-29(20-33)13-19-57-44-25-34(5-8-39(37)44)55-17-2-15-48-55)36-22-30-12-14-47(27-36,53-30)41-23-31-21-32(24-42(41)50-31)51-46-11-10-38-40-9-6-35(56-18-3-16-49-56)26-45(40)58-28-43(38)52-46/h2-11,15-18,20,25-26,30-32,36,41-42,50,53H,12-14,19,21-24,27-28H2,1H3,(H,51,52)/t30-,31?,32?,36+,41?,42?,47+/m1/s1. The van der Waals surface area contributed by atoms with E-state index in [0.717, 1.165) is 70.3 Å². The molecule has 0 radical (unpaired) electrons. The minimum Gasteiger partial charge on any atom is -0.493 e. The van der Waals surface area contributed by atoms with Crippen molar-refractivity contribution in [3.05, 3.63) is 115 Å². The lowest BCUT2D eigenvalue weighted by Gasteiger charge is -2.48. The summed E-state index contributed by atoms with van der Waals surface area (Å²) in [4.78, 5) is 7.71. The number of hydrogen-bond donors (Lipinski definition) is 3. The summed E-state index contributed by atoms with van der Waals surface area (Å²) in [6.07, 6.45) is 16.8. The molecule has 294 valence electrons. The summed E-state index contributed by atoms with van der Waals surface area (Å²) in [6, 6.07) is 30.6. The highest BCUT2D eigenvalue weighted by molar-refractivity contribution is 5.78. The maximum absolute atomic E-state index is 6.33. The highest BCUT2D eigenvalue weighted by atomic mass is 16.5. The van der Waals surface area contributed by atoms with Crippen molar-refractivity contribution in [1.82, 2.24) is 35.2 Å². The Kier molecular flexibility index (Phi) is 7.98. The van der Waals surface area contributed by atoms with Crippen LogP contribution in [0, 0.1) is 5.92 Å². The average molecular weight is 772 g/mol. The van der Waals surface area contributed by atoms with E-state index in [1.807, 2.05) is 40.1 Å². The molecule has 11 nitrogen and oxygen atoms in total. The molecule has 4 fully saturated rings. The van der Waals surface area contributed by atoms with Crippen molar-refractivity contribution in [3.8, 4) is 45.1 Å². The van der Waals surface area contributed by atoms with Crippen LogP contribution in [0.15, 0.2) is 104 Å². The lowest BCUT2D eigenvalue weighted by atomic mass is 9.72. The molecule has 4 unspecified atom stereocenters. The summed E-state index contributed by atoms with van der Waals surface area (Å²) in [5.41, 5.74) is 10.5. The number of nitrogens with zero attached hydrogens (tertiary/aromatic N) is 6. The molecular formula is C47H49N9O2. The number of hydrogen-bond acceptors (Lipinski definition) is 9. The molecule has 3 aromatic heterocycles. The normalized spacial score (nSPS) is 27.6. The second kappa shape index (κ2) is 13.5. The van der Waals surface area contributed by atoms with Crippen molar-refractivity contribution < 1.29 is 9.47 Å². The number of rotatable bonds is 7. The van der Waals surface area contributed by atoms with Crippen molar-refractivity contribution in [1.29, 1.82) is 0 Å². The highest BCUT2D eigenvalue weighted by Gasteiger charge is 2.56. The molecule has 12 rings (SSSR count). The van der Waals surface area contributed by atoms with Gasteiger partial charge in [0.1, 0.15) is 23.9 Å². The zero-order valence-corrected chi connectivity index (χ0v) is 32.8. The number of nitrogens with one attached hydrogen (secondary N) is 3. The quantitative estimate of drug-likeness (QED) is 0.154. The summed E-state index contributed by atoms with van der Waals surface area (Å²) in [5.74, 6) is 3.38. The number of aromatic nitrogens is 5. The fourth-order valence-corrected chi connectivity index (χ4v) is 11.6. The molecule has 4 saturated heterocycles. The molecule has 0 spiro atoms. The van der Waals surface area contributed by atoms with Crippen LogP contribution in [0.5, 0.6) is 11.5 Å². The maximum Gasteiger partial charge on any atom is 0.131 e. The van der Waals surface area contributed by atoms with Crippen molar-refractivity contribution in [2.24, 2.45) is 5.92 Å². The first kappa shape index (κ1) is 34.4. The van der Waals surface area contributed by atoms with E-state index in [4.69, 9.17) is 14.5 Å². The summed E-state index contributed by atoms with van der Waals surface area (Å²) in [6.45, 7) is 1.13. The van der Waals surface area contributed by atoms with E-state index in [-0.39, 0.29) is 5.54 Å². The predicted molar refractivity (Wildman–Crippen MR) is 225 cm³/mol. The number of benzene rings is 3. The third kappa shape index (κ3) is 5.80. The van der Waals surface area contributed by atoms with Crippen molar-refractivity contribution in [2.75, 3.05) is 23.9 Å². The smallest absolute Gasteiger partial charge is 0.131 e. The Balaban J connectivity index is 0.736. The van der Waals surface area contributed by atoms with E-state index in [2.05, 4.69) is 105 Å². The number of fused-ring (bicyclic) bond motifs is 10. The number of anilines is 2. The molecule has 9 heterocycles. The van der Waals surface area contributed by atoms with Crippen molar-refractivity contribution in [3.63, 3.8) is 0 Å². The minimum atomic E-state index is 0.167. The van der Waals surface area contributed by atoms with Crippen molar-refractivity contribution >= 4 is 11.5 Å². The Morgan fingerprint density at radius 1 is 0.793 bits per heavy atom. The largest absolute Gasteiger partial charge is 0.493 e. The van der Waals surface area contributed by atoms with Gasteiger partial charge in [-0.15, -0.1) is 0 Å². The maximum atomic E-state index is 6.33. The Labute approximate surface area is 338 Å². The molecule has 3 aromatic carbocycles. The Morgan fingerprint density at radius 2 is 1.55 bits per heavy atom. The number of pyridine rings is 1. The van der Waals surface area contributed by atoms with Gasteiger partial charge in [0.25, 0.3) is 0 Å². The van der Waals surface area contributed by atoms with Gasteiger partial charge in [0.05, 0.1) is 23.7 Å². The molecule has 4 bridgehead atoms. The van der Waals surface area contributed by atoms with Gasteiger partial charge in [-0.1, -0.05) is 6.07 Å². The SMILES string of the molecule is CN(c1ccc2c(c1)CCOc1cc(-n3cccn3)ccc1-2)[C@H]1C[C@H]2CC[C@@](C3CC4CC(Nc5ccc6c(n5)COc5cc(-n7cccn7)ccc5-6)CC3N4)(C1)N2. The Morgan fingerprint density at radius 3 is 2.34 bits per heavy atom. The minimum absolute atomic E-state index is 0.167. The zero-order chi connectivity index (χ0) is 38.4. The first-order valence-corrected chi connectivity index (χ1v) is 21.2.